The van der Waals surface area contributed by atoms with E-state index < -0.39 is 8.32 Å². The van der Waals surface area contributed by atoms with Crippen molar-refractivity contribution in [1.82, 2.24) is 0 Å². The largest absolute Gasteiger partial charge is 0.466 e. The van der Waals surface area contributed by atoms with Gasteiger partial charge in [0.2, 0.25) is 0 Å². The Bertz CT molecular complexity index is 369. The van der Waals surface area contributed by atoms with Crippen LogP contribution < -0.4 is 4.74 Å². The summed E-state index contributed by atoms with van der Waals surface area (Å²) in [7, 11) is -1.56. The molecule has 0 fully saturated rings. The van der Waals surface area contributed by atoms with Crippen LogP contribution in [0.4, 0.5) is 0 Å². The molecule has 1 aromatic rings. The normalized spacial score (nSPS) is 13.2. The van der Waals surface area contributed by atoms with E-state index in [2.05, 4.69) is 33.1 Å². The quantitative estimate of drug-likeness (QED) is 0.553. The molecule has 1 atom stereocenters. The van der Waals surface area contributed by atoms with Crippen LogP contribution in [0.15, 0.2) is 30.8 Å². The third kappa shape index (κ3) is 5.19. The van der Waals surface area contributed by atoms with Crippen molar-refractivity contribution in [3.05, 3.63) is 36.4 Å². The fraction of sp³-hybridized carbons (Fsp3) is 0.429. The van der Waals surface area contributed by atoms with Crippen molar-refractivity contribution in [2.45, 2.75) is 39.3 Å². The standard InChI is InChI=1S/C14H22O2Si/c1-6-12-9-8-10-13(11-12)15-14(7-2)16-17(3,4)5/h6,8-11,14H,1,7H2,2-5H3. The van der Waals surface area contributed by atoms with Gasteiger partial charge in [-0.3, -0.25) is 0 Å². The van der Waals surface area contributed by atoms with Gasteiger partial charge in [-0.2, -0.15) is 0 Å². The molecule has 0 aliphatic carbocycles. The van der Waals surface area contributed by atoms with Crippen molar-refractivity contribution in [1.29, 1.82) is 0 Å². The molecule has 1 unspecified atom stereocenters. The Morgan fingerprint density at radius 2 is 2.06 bits per heavy atom. The van der Waals surface area contributed by atoms with Crippen LogP contribution in [0, 0.1) is 0 Å². The van der Waals surface area contributed by atoms with E-state index in [9.17, 15) is 0 Å². The zero-order valence-corrected chi connectivity index (χ0v) is 12.2. The summed E-state index contributed by atoms with van der Waals surface area (Å²) >= 11 is 0. The molecule has 94 valence electrons. The van der Waals surface area contributed by atoms with Crippen molar-refractivity contribution >= 4 is 14.4 Å². The maximum absolute atomic E-state index is 5.96. The lowest BCUT2D eigenvalue weighted by atomic mass is 10.2. The topological polar surface area (TPSA) is 18.5 Å². The highest BCUT2D eigenvalue weighted by Crippen LogP contribution is 2.19. The Balaban J connectivity index is 2.70. The van der Waals surface area contributed by atoms with Gasteiger partial charge >= 0.3 is 0 Å². The van der Waals surface area contributed by atoms with Gasteiger partial charge in [0, 0.05) is 6.42 Å². The molecule has 0 N–H and O–H groups in total. The Morgan fingerprint density at radius 3 is 2.59 bits per heavy atom. The first-order valence-electron chi connectivity index (χ1n) is 6.01. The lowest BCUT2D eigenvalue weighted by molar-refractivity contribution is -0.00319. The van der Waals surface area contributed by atoms with Gasteiger partial charge in [-0.15, -0.1) is 0 Å². The van der Waals surface area contributed by atoms with E-state index in [1.807, 2.05) is 30.3 Å². The highest BCUT2D eigenvalue weighted by atomic mass is 28.4. The van der Waals surface area contributed by atoms with Crippen LogP contribution in [0.5, 0.6) is 5.75 Å². The molecule has 0 bridgehead atoms. The molecule has 0 saturated heterocycles. The molecule has 1 aromatic carbocycles. The minimum Gasteiger partial charge on any atom is -0.466 e. The maximum Gasteiger partial charge on any atom is 0.190 e. The number of ether oxygens (including phenoxy) is 1. The average molecular weight is 250 g/mol. The first kappa shape index (κ1) is 14.0. The second-order valence-corrected chi connectivity index (χ2v) is 9.42. The molecule has 1 rings (SSSR count). The molecule has 0 aromatic heterocycles. The second-order valence-electron chi connectivity index (χ2n) is 4.96. The van der Waals surface area contributed by atoms with Crippen molar-refractivity contribution < 1.29 is 9.16 Å². The Labute approximate surface area is 105 Å². The van der Waals surface area contributed by atoms with Crippen LogP contribution >= 0.6 is 0 Å². The molecule has 0 aliphatic heterocycles. The fourth-order valence-corrected chi connectivity index (χ4v) is 2.46. The average Bonchev–Trinajstić information content (AvgIpc) is 2.26. The van der Waals surface area contributed by atoms with Crippen molar-refractivity contribution in [3.8, 4) is 5.75 Å². The van der Waals surface area contributed by atoms with Gasteiger partial charge < -0.3 is 9.16 Å². The minimum atomic E-state index is -1.56. The molecule has 0 radical (unpaired) electrons. The van der Waals surface area contributed by atoms with Gasteiger partial charge in [-0.25, -0.2) is 0 Å². The van der Waals surface area contributed by atoms with E-state index in [1.54, 1.807) is 0 Å². The fourth-order valence-electron chi connectivity index (χ4n) is 1.45. The summed E-state index contributed by atoms with van der Waals surface area (Å²) in [5.74, 6) is 0.840. The van der Waals surface area contributed by atoms with Gasteiger partial charge in [-0.05, 0) is 37.3 Å². The predicted molar refractivity (Wildman–Crippen MR) is 75.7 cm³/mol. The number of hydrogen-bond donors (Lipinski definition) is 0. The molecule has 0 spiro atoms. The molecule has 3 heteroatoms. The lowest BCUT2D eigenvalue weighted by Gasteiger charge is -2.26. The van der Waals surface area contributed by atoms with Crippen molar-refractivity contribution in [2.24, 2.45) is 0 Å². The zero-order valence-electron chi connectivity index (χ0n) is 11.2. The second kappa shape index (κ2) is 6.03. The van der Waals surface area contributed by atoms with Crippen LogP contribution in [0.2, 0.25) is 19.6 Å². The zero-order chi connectivity index (χ0) is 12.9. The number of benzene rings is 1. The van der Waals surface area contributed by atoms with Gasteiger partial charge in [0.15, 0.2) is 14.6 Å². The smallest absolute Gasteiger partial charge is 0.190 e. The number of rotatable bonds is 6. The number of hydrogen-bond acceptors (Lipinski definition) is 2. The van der Waals surface area contributed by atoms with Gasteiger partial charge in [0.1, 0.15) is 5.75 Å². The highest BCUT2D eigenvalue weighted by molar-refractivity contribution is 6.69. The third-order valence-corrected chi connectivity index (χ3v) is 3.15. The van der Waals surface area contributed by atoms with Crippen molar-refractivity contribution in [3.63, 3.8) is 0 Å². The molecule has 0 aliphatic rings. The first-order chi connectivity index (χ1) is 7.94. The monoisotopic (exact) mass is 250 g/mol. The lowest BCUT2D eigenvalue weighted by Crippen LogP contribution is -2.34. The van der Waals surface area contributed by atoms with E-state index in [0.29, 0.717) is 0 Å². The highest BCUT2D eigenvalue weighted by Gasteiger charge is 2.21. The minimum absolute atomic E-state index is 0.151. The summed E-state index contributed by atoms with van der Waals surface area (Å²) in [5, 5.41) is 0. The predicted octanol–water partition coefficient (Wildman–Crippen LogP) is 4.30. The summed E-state index contributed by atoms with van der Waals surface area (Å²) in [6.45, 7) is 12.3. The Hall–Kier alpha value is -1.06. The molecule has 17 heavy (non-hydrogen) atoms. The molecular weight excluding hydrogens is 228 g/mol. The van der Waals surface area contributed by atoms with Gasteiger partial charge in [0.05, 0.1) is 0 Å². The van der Waals surface area contributed by atoms with E-state index in [4.69, 9.17) is 9.16 Å². The van der Waals surface area contributed by atoms with E-state index in [1.165, 1.54) is 0 Å². The summed E-state index contributed by atoms with van der Waals surface area (Å²) in [4.78, 5) is 0. The van der Waals surface area contributed by atoms with Crippen molar-refractivity contribution in [2.75, 3.05) is 0 Å². The maximum atomic E-state index is 5.96. The Morgan fingerprint density at radius 1 is 1.35 bits per heavy atom. The van der Waals surface area contributed by atoms with Crippen LogP contribution in [-0.2, 0) is 4.43 Å². The van der Waals surface area contributed by atoms with Crippen LogP contribution in [0.3, 0.4) is 0 Å². The van der Waals surface area contributed by atoms with Gasteiger partial charge in [-0.1, -0.05) is 31.7 Å². The van der Waals surface area contributed by atoms with E-state index in [-0.39, 0.29) is 6.29 Å². The summed E-state index contributed by atoms with van der Waals surface area (Å²) in [6.07, 6.45) is 2.51. The summed E-state index contributed by atoms with van der Waals surface area (Å²) < 4.78 is 11.8. The molecule has 2 nitrogen and oxygen atoms in total. The van der Waals surface area contributed by atoms with E-state index in [0.717, 1.165) is 17.7 Å². The molecule has 0 saturated carbocycles. The molecule has 0 heterocycles. The molecule has 0 amide bonds. The summed E-state index contributed by atoms with van der Waals surface area (Å²) in [6, 6.07) is 7.89. The SMILES string of the molecule is C=Cc1cccc(OC(CC)O[Si](C)(C)C)c1. The third-order valence-electron chi connectivity index (χ3n) is 2.18. The van der Waals surface area contributed by atoms with Crippen LogP contribution in [0.25, 0.3) is 6.08 Å². The van der Waals surface area contributed by atoms with Crippen LogP contribution in [0.1, 0.15) is 18.9 Å². The van der Waals surface area contributed by atoms with Gasteiger partial charge in [0.25, 0.3) is 0 Å². The van der Waals surface area contributed by atoms with Crippen LogP contribution in [-0.4, -0.2) is 14.6 Å². The Kier molecular flexibility index (Phi) is 4.96. The molecular formula is C14H22O2Si. The summed E-state index contributed by atoms with van der Waals surface area (Å²) in [5.41, 5.74) is 1.06. The first-order valence-corrected chi connectivity index (χ1v) is 9.42. The van der Waals surface area contributed by atoms with E-state index >= 15 is 0 Å².